The third kappa shape index (κ3) is 10.1. The van der Waals surface area contributed by atoms with Gasteiger partial charge in [-0.15, -0.1) is 0 Å². The maximum atomic E-state index is 12.3. The van der Waals surface area contributed by atoms with Crippen LogP contribution in [0.5, 0.6) is 0 Å². The van der Waals surface area contributed by atoms with Crippen molar-refractivity contribution in [2.75, 3.05) is 13.2 Å². The highest BCUT2D eigenvalue weighted by atomic mass is 16.6. The molecule has 0 radical (unpaired) electrons. The second-order valence-corrected chi connectivity index (χ2v) is 7.55. The topological polar surface area (TPSA) is 78.9 Å². The molecule has 3 rings (SSSR count). The van der Waals surface area contributed by atoms with Crippen LogP contribution in [-0.4, -0.2) is 37.2 Å². The Morgan fingerprint density at radius 3 is 1.22 bits per heavy atom. The summed E-state index contributed by atoms with van der Waals surface area (Å²) >= 11 is 0. The molecule has 6 nitrogen and oxygen atoms in total. The van der Waals surface area contributed by atoms with Gasteiger partial charge >= 0.3 is 17.9 Å². The summed E-state index contributed by atoms with van der Waals surface area (Å²) in [5, 5.41) is 0. The molecule has 36 heavy (non-hydrogen) atoms. The van der Waals surface area contributed by atoms with Gasteiger partial charge in [0.2, 0.25) is 0 Å². The van der Waals surface area contributed by atoms with Gasteiger partial charge < -0.3 is 14.2 Å². The molecule has 0 amide bonds. The lowest BCUT2D eigenvalue weighted by atomic mass is 10.2. The summed E-state index contributed by atoms with van der Waals surface area (Å²) in [4.78, 5) is 36.6. The van der Waals surface area contributed by atoms with Gasteiger partial charge in [-0.3, -0.25) is 0 Å². The lowest BCUT2D eigenvalue weighted by Gasteiger charge is -2.16. The number of benzene rings is 3. The quantitative estimate of drug-likeness (QED) is 0.214. The van der Waals surface area contributed by atoms with Crippen molar-refractivity contribution in [3.8, 4) is 0 Å². The van der Waals surface area contributed by atoms with Crippen LogP contribution in [0, 0.1) is 0 Å². The third-order valence-corrected chi connectivity index (χ3v) is 4.74. The minimum Gasteiger partial charge on any atom is -0.458 e. The van der Waals surface area contributed by atoms with E-state index in [-0.39, 0.29) is 13.2 Å². The van der Waals surface area contributed by atoms with Crippen molar-refractivity contribution in [2.45, 2.75) is 6.10 Å². The minimum absolute atomic E-state index is 0.279. The number of hydrogen-bond donors (Lipinski definition) is 0. The van der Waals surface area contributed by atoms with Crippen LogP contribution >= 0.6 is 0 Å². The van der Waals surface area contributed by atoms with Crippen LogP contribution in [-0.2, 0) is 28.6 Å². The van der Waals surface area contributed by atoms with Crippen LogP contribution in [0.25, 0.3) is 18.2 Å². The first-order valence-electron chi connectivity index (χ1n) is 11.3. The van der Waals surface area contributed by atoms with E-state index in [4.69, 9.17) is 14.2 Å². The van der Waals surface area contributed by atoms with Crippen LogP contribution in [0.1, 0.15) is 16.7 Å². The van der Waals surface area contributed by atoms with Gasteiger partial charge in [0, 0.05) is 18.2 Å². The lowest BCUT2D eigenvalue weighted by molar-refractivity contribution is -0.160. The van der Waals surface area contributed by atoms with E-state index in [1.807, 2.05) is 91.0 Å². The molecule has 0 aliphatic carbocycles. The van der Waals surface area contributed by atoms with Crippen molar-refractivity contribution in [1.29, 1.82) is 0 Å². The molecular weight excluding hydrogens is 456 g/mol. The molecule has 0 spiro atoms. The van der Waals surface area contributed by atoms with Gasteiger partial charge in [0.1, 0.15) is 13.2 Å². The standard InChI is InChI=1S/C30H26O6/c31-28(19-16-24-10-4-1-5-11-24)34-22-27(36-30(33)21-18-26-14-8-3-9-15-26)23-35-29(32)20-17-25-12-6-2-7-13-25/h1-21,27H,22-23H2/b19-16+,20-17+,21-18+. The van der Waals surface area contributed by atoms with Gasteiger partial charge in [-0.05, 0) is 34.9 Å². The number of carbonyl (C=O) groups excluding carboxylic acids is 3. The van der Waals surface area contributed by atoms with E-state index in [2.05, 4.69) is 0 Å². The zero-order valence-corrected chi connectivity index (χ0v) is 19.6. The molecule has 6 heteroatoms. The molecule has 0 atom stereocenters. The first-order chi connectivity index (χ1) is 17.6. The Kier molecular flexibility index (Phi) is 10.5. The van der Waals surface area contributed by atoms with Crippen molar-refractivity contribution in [3.63, 3.8) is 0 Å². The fourth-order valence-electron chi connectivity index (χ4n) is 2.95. The largest absolute Gasteiger partial charge is 0.458 e. The summed E-state index contributed by atoms with van der Waals surface area (Å²) in [6.45, 7) is -0.558. The zero-order valence-electron chi connectivity index (χ0n) is 19.6. The molecule has 0 unspecified atom stereocenters. The van der Waals surface area contributed by atoms with Crippen LogP contribution in [0.3, 0.4) is 0 Å². The molecular formula is C30H26O6. The Bertz CT molecular complexity index is 1130. The molecule has 3 aromatic carbocycles. The molecule has 0 saturated carbocycles. The number of carbonyl (C=O) groups is 3. The Morgan fingerprint density at radius 1 is 0.528 bits per heavy atom. The Hall–Kier alpha value is -4.71. The fourth-order valence-corrected chi connectivity index (χ4v) is 2.95. The normalized spacial score (nSPS) is 11.2. The summed E-state index contributed by atoms with van der Waals surface area (Å²) in [5.74, 6) is -1.89. The average molecular weight is 483 g/mol. The summed E-state index contributed by atoms with van der Waals surface area (Å²) in [6.07, 6.45) is 7.65. The smallest absolute Gasteiger partial charge is 0.331 e. The van der Waals surface area contributed by atoms with Crippen LogP contribution in [0.15, 0.2) is 109 Å². The second kappa shape index (κ2) is 14.5. The summed E-state index contributed by atoms with van der Waals surface area (Å²) < 4.78 is 15.8. The average Bonchev–Trinajstić information content (AvgIpc) is 2.92. The summed E-state index contributed by atoms with van der Waals surface area (Å²) in [6, 6.07) is 27.8. The Morgan fingerprint density at radius 2 is 0.861 bits per heavy atom. The van der Waals surface area contributed by atoms with Gasteiger partial charge in [0.15, 0.2) is 6.10 Å². The second-order valence-electron chi connectivity index (χ2n) is 7.55. The first kappa shape index (κ1) is 25.9. The number of hydrogen-bond acceptors (Lipinski definition) is 6. The van der Waals surface area contributed by atoms with E-state index in [0.29, 0.717) is 0 Å². The lowest BCUT2D eigenvalue weighted by Crippen LogP contribution is -2.29. The molecule has 3 aromatic rings. The van der Waals surface area contributed by atoms with Crippen LogP contribution in [0.2, 0.25) is 0 Å². The van der Waals surface area contributed by atoms with Gasteiger partial charge in [-0.1, -0.05) is 91.0 Å². The van der Waals surface area contributed by atoms with Crippen molar-refractivity contribution >= 4 is 36.1 Å². The molecule has 0 aliphatic rings. The zero-order chi connectivity index (χ0) is 25.4. The van der Waals surface area contributed by atoms with Crippen molar-refractivity contribution < 1.29 is 28.6 Å². The minimum atomic E-state index is -0.985. The number of rotatable bonds is 11. The van der Waals surface area contributed by atoms with Crippen molar-refractivity contribution in [2.24, 2.45) is 0 Å². The van der Waals surface area contributed by atoms with Crippen LogP contribution < -0.4 is 0 Å². The number of esters is 3. The molecule has 0 bridgehead atoms. The monoisotopic (exact) mass is 482 g/mol. The van der Waals surface area contributed by atoms with E-state index in [9.17, 15) is 14.4 Å². The molecule has 0 fully saturated rings. The maximum absolute atomic E-state index is 12.3. The van der Waals surface area contributed by atoms with Crippen LogP contribution in [0.4, 0.5) is 0 Å². The highest BCUT2D eigenvalue weighted by molar-refractivity contribution is 5.88. The predicted molar refractivity (Wildman–Crippen MR) is 138 cm³/mol. The highest BCUT2D eigenvalue weighted by Gasteiger charge is 2.17. The summed E-state index contributed by atoms with van der Waals surface area (Å²) in [7, 11) is 0. The Labute approximate surface area is 210 Å². The fraction of sp³-hybridized carbons (Fsp3) is 0.100. The van der Waals surface area contributed by atoms with E-state index < -0.39 is 24.0 Å². The molecule has 182 valence electrons. The van der Waals surface area contributed by atoms with Gasteiger partial charge in [-0.2, -0.15) is 0 Å². The predicted octanol–water partition coefficient (Wildman–Crippen LogP) is 5.12. The SMILES string of the molecule is O=C(/C=C/c1ccccc1)OCC(COC(=O)/C=C/c1ccccc1)OC(=O)/C=C/c1ccccc1. The Balaban J connectivity index is 1.56. The van der Waals surface area contributed by atoms with E-state index in [0.717, 1.165) is 16.7 Å². The van der Waals surface area contributed by atoms with E-state index in [1.165, 1.54) is 18.2 Å². The van der Waals surface area contributed by atoms with Crippen molar-refractivity contribution in [1.82, 2.24) is 0 Å². The number of ether oxygens (including phenoxy) is 3. The molecule has 0 N–H and O–H groups in total. The first-order valence-corrected chi connectivity index (χ1v) is 11.3. The van der Waals surface area contributed by atoms with E-state index in [1.54, 1.807) is 18.2 Å². The summed E-state index contributed by atoms with van der Waals surface area (Å²) in [5.41, 5.74) is 2.49. The molecule has 0 heterocycles. The van der Waals surface area contributed by atoms with Gasteiger partial charge in [0.25, 0.3) is 0 Å². The maximum Gasteiger partial charge on any atom is 0.331 e. The van der Waals surface area contributed by atoms with Gasteiger partial charge in [0.05, 0.1) is 0 Å². The van der Waals surface area contributed by atoms with Crippen molar-refractivity contribution in [3.05, 3.63) is 126 Å². The van der Waals surface area contributed by atoms with Gasteiger partial charge in [-0.25, -0.2) is 14.4 Å². The molecule has 0 saturated heterocycles. The molecule has 0 aromatic heterocycles. The highest BCUT2D eigenvalue weighted by Crippen LogP contribution is 2.06. The third-order valence-electron chi connectivity index (χ3n) is 4.74. The molecule has 0 aliphatic heterocycles. The van der Waals surface area contributed by atoms with E-state index >= 15 is 0 Å².